The summed E-state index contributed by atoms with van der Waals surface area (Å²) in [7, 11) is 0. The summed E-state index contributed by atoms with van der Waals surface area (Å²) in [5, 5.41) is 53.6. The molecule has 0 aromatic carbocycles. The predicted molar refractivity (Wildman–Crippen MR) is 122 cm³/mol. The minimum atomic E-state index is -1.56. The Balaban J connectivity index is 1.52. The zero-order chi connectivity index (χ0) is 24.5. The molecule has 1 aromatic rings. The Hall–Kier alpha value is -2.09. The number of rotatable bonds is 11. The van der Waals surface area contributed by atoms with Gasteiger partial charge in [0, 0.05) is 28.4 Å². The van der Waals surface area contributed by atoms with Gasteiger partial charge in [-0.1, -0.05) is 6.92 Å². The van der Waals surface area contributed by atoms with Gasteiger partial charge in [-0.25, -0.2) is 0 Å². The number of hydrogen-bond donors (Lipinski definition) is 8. The number of nitrogens with zero attached hydrogens (tertiary/aromatic N) is 1. The highest BCUT2D eigenvalue weighted by Gasteiger charge is 2.64. The van der Waals surface area contributed by atoms with Crippen molar-refractivity contribution in [1.29, 1.82) is 5.41 Å². The number of thiophene rings is 1. The number of amides is 2. The molecule has 0 bridgehead atoms. The predicted octanol–water partition coefficient (Wildman–Crippen LogP) is -1.92. The lowest BCUT2D eigenvalue weighted by Gasteiger charge is -2.28. The van der Waals surface area contributed by atoms with Crippen LogP contribution in [0.5, 0.6) is 0 Å². The van der Waals surface area contributed by atoms with Gasteiger partial charge in [-0.15, -0.1) is 11.3 Å². The topological polar surface area (TPSA) is 192 Å². The van der Waals surface area contributed by atoms with E-state index < -0.39 is 30.5 Å². The number of aliphatic hydroxyl groups is 4. The highest BCUT2D eigenvalue weighted by molar-refractivity contribution is 7.10. The van der Waals surface area contributed by atoms with Crippen LogP contribution in [0.2, 0.25) is 0 Å². The van der Waals surface area contributed by atoms with Crippen LogP contribution in [0.25, 0.3) is 0 Å². The average Bonchev–Trinajstić information content (AvgIpc) is 3.10. The molecule has 2 heterocycles. The van der Waals surface area contributed by atoms with Gasteiger partial charge < -0.3 is 41.7 Å². The molecule has 2 fully saturated rings. The number of aliphatic hydroxyl groups excluding tert-OH is 4. The van der Waals surface area contributed by atoms with E-state index in [0.29, 0.717) is 12.0 Å². The van der Waals surface area contributed by atoms with Crippen molar-refractivity contribution in [3.05, 3.63) is 21.9 Å². The molecule has 3 rings (SSSR count). The Labute approximate surface area is 196 Å². The molecule has 184 valence electrons. The molecule has 2 amide bonds. The SMILES string of the molecule is C[C@H](O)[C@H](O)[C@@H](O)[C@@H](O)CNCC(=O)N1[C@H]2C[C@@]2(C)C[C@H]1C(=O)NCc1cc(C(=N)N)cs1. The van der Waals surface area contributed by atoms with E-state index >= 15 is 0 Å². The monoisotopic (exact) mass is 483 g/mol. The number of nitrogen functional groups attached to an aromatic ring is 1. The van der Waals surface area contributed by atoms with Crippen molar-refractivity contribution < 1.29 is 30.0 Å². The summed E-state index contributed by atoms with van der Waals surface area (Å²) in [6, 6.07) is 1.14. The van der Waals surface area contributed by atoms with Crippen LogP contribution in [0, 0.1) is 10.8 Å². The first kappa shape index (κ1) is 25.5. The normalized spacial score (nSPS) is 27.4. The van der Waals surface area contributed by atoms with Gasteiger partial charge in [-0.3, -0.25) is 15.0 Å². The Morgan fingerprint density at radius 3 is 2.61 bits per heavy atom. The van der Waals surface area contributed by atoms with E-state index in [1.165, 1.54) is 18.3 Å². The maximum absolute atomic E-state index is 12.9. The maximum Gasteiger partial charge on any atom is 0.243 e. The molecule has 12 heteroatoms. The maximum atomic E-state index is 12.9. The summed E-state index contributed by atoms with van der Waals surface area (Å²) >= 11 is 1.39. The molecule has 2 aliphatic rings. The van der Waals surface area contributed by atoms with Crippen molar-refractivity contribution in [3.8, 4) is 0 Å². The lowest BCUT2D eigenvalue weighted by atomic mass is 10.0. The third-order valence-electron chi connectivity index (χ3n) is 6.50. The number of amidine groups is 1. The number of carbonyl (C=O) groups excluding carboxylic acids is 2. The second kappa shape index (κ2) is 10.0. The molecule has 1 aliphatic heterocycles. The van der Waals surface area contributed by atoms with Crippen molar-refractivity contribution >= 4 is 29.0 Å². The van der Waals surface area contributed by atoms with Crippen molar-refractivity contribution in [2.45, 2.75) is 69.7 Å². The van der Waals surface area contributed by atoms with E-state index in [2.05, 4.69) is 17.6 Å². The van der Waals surface area contributed by atoms with Crippen LogP contribution in [-0.2, 0) is 16.1 Å². The summed E-state index contributed by atoms with van der Waals surface area (Å²) in [5.41, 5.74) is 5.99. The molecule has 7 atom stereocenters. The van der Waals surface area contributed by atoms with Crippen LogP contribution in [-0.4, -0.2) is 92.6 Å². The van der Waals surface area contributed by atoms with Crippen LogP contribution in [0.4, 0.5) is 0 Å². The molecule has 0 spiro atoms. The second-order valence-electron chi connectivity index (χ2n) is 9.25. The highest BCUT2D eigenvalue weighted by Crippen LogP contribution is 2.59. The van der Waals surface area contributed by atoms with E-state index in [1.54, 1.807) is 16.3 Å². The van der Waals surface area contributed by atoms with Crippen LogP contribution in [0.15, 0.2) is 11.4 Å². The number of hydrogen-bond acceptors (Lipinski definition) is 9. The fraction of sp³-hybridized carbons (Fsp3) is 0.667. The third kappa shape index (κ3) is 5.70. The van der Waals surface area contributed by atoms with Crippen molar-refractivity contribution in [1.82, 2.24) is 15.5 Å². The zero-order valence-electron chi connectivity index (χ0n) is 18.7. The largest absolute Gasteiger partial charge is 0.391 e. The van der Waals surface area contributed by atoms with Crippen LogP contribution in [0.1, 0.15) is 37.1 Å². The van der Waals surface area contributed by atoms with Gasteiger partial charge in [0.05, 0.1) is 25.3 Å². The zero-order valence-corrected chi connectivity index (χ0v) is 19.5. The van der Waals surface area contributed by atoms with Gasteiger partial charge in [0.1, 0.15) is 24.1 Å². The molecule has 0 radical (unpaired) electrons. The second-order valence-corrected chi connectivity index (χ2v) is 10.2. The molecule has 0 unspecified atom stereocenters. The van der Waals surface area contributed by atoms with Gasteiger partial charge in [-0.2, -0.15) is 0 Å². The van der Waals surface area contributed by atoms with E-state index in [0.717, 1.165) is 11.3 Å². The van der Waals surface area contributed by atoms with Gasteiger partial charge in [-0.05, 0) is 31.2 Å². The molecular formula is C21H33N5O6S. The summed E-state index contributed by atoms with van der Waals surface area (Å²) in [6.07, 6.45) is -4.26. The number of carbonyl (C=O) groups is 2. The Morgan fingerprint density at radius 2 is 2.00 bits per heavy atom. The molecule has 1 saturated heterocycles. The first-order valence-electron chi connectivity index (χ1n) is 10.9. The van der Waals surface area contributed by atoms with Crippen LogP contribution < -0.4 is 16.4 Å². The van der Waals surface area contributed by atoms with Crippen molar-refractivity contribution in [2.24, 2.45) is 11.1 Å². The molecule has 1 aliphatic carbocycles. The Morgan fingerprint density at radius 1 is 1.30 bits per heavy atom. The molecule has 1 aromatic heterocycles. The Kier molecular flexibility index (Phi) is 7.76. The average molecular weight is 484 g/mol. The third-order valence-corrected chi connectivity index (χ3v) is 7.43. The van der Waals surface area contributed by atoms with Gasteiger partial charge >= 0.3 is 0 Å². The number of piperidine rings is 1. The number of nitrogens with two attached hydrogens (primary N) is 1. The summed E-state index contributed by atoms with van der Waals surface area (Å²) in [5.74, 6) is -0.561. The number of fused-ring (bicyclic) bond motifs is 1. The van der Waals surface area contributed by atoms with Crippen molar-refractivity contribution in [2.75, 3.05) is 13.1 Å². The Bertz CT molecular complexity index is 894. The van der Waals surface area contributed by atoms with Crippen LogP contribution >= 0.6 is 11.3 Å². The lowest BCUT2D eigenvalue weighted by Crippen LogP contribution is -2.52. The molecule has 11 nitrogen and oxygen atoms in total. The first-order valence-corrected chi connectivity index (χ1v) is 11.8. The van der Waals surface area contributed by atoms with Gasteiger partial charge in [0.2, 0.25) is 11.8 Å². The molecule has 33 heavy (non-hydrogen) atoms. The minimum Gasteiger partial charge on any atom is -0.391 e. The van der Waals surface area contributed by atoms with E-state index in [9.17, 15) is 30.0 Å². The number of likely N-dealkylation sites (tertiary alicyclic amines) is 1. The van der Waals surface area contributed by atoms with Gasteiger partial charge in [0.25, 0.3) is 0 Å². The van der Waals surface area contributed by atoms with Crippen LogP contribution in [0.3, 0.4) is 0 Å². The minimum absolute atomic E-state index is 0.0128. The quantitative estimate of drug-likeness (QED) is 0.132. The standard InChI is InChI=1S/C21H33N5O6S/c1-10(27)17(30)18(31)14(28)7-24-8-16(29)26-13(4-21(2)5-15(21)26)20(32)25-6-12-3-11(9-33-12)19(22)23/h3,9-10,13-15,17-18,24,27-28,30-31H,4-8H2,1-2H3,(H3,22,23)(H,25,32)/t10-,13-,14-,15-,17-,18-,21+/m0/s1. The van der Waals surface area contributed by atoms with Crippen molar-refractivity contribution in [3.63, 3.8) is 0 Å². The molecule has 1 saturated carbocycles. The smallest absolute Gasteiger partial charge is 0.243 e. The molecular weight excluding hydrogens is 450 g/mol. The lowest BCUT2D eigenvalue weighted by molar-refractivity contribution is -0.139. The van der Waals surface area contributed by atoms with E-state index in [1.807, 2.05) is 0 Å². The van der Waals surface area contributed by atoms with Gasteiger partial charge in [0.15, 0.2) is 0 Å². The highest BCUT2D eigenvalue weighted by atomic mass is 32.1. The summed E-state index contributed by atoms with van der Waals surface area (Å²) in [4.78, 5) is 28.2. The fourth-order valence-electron chi connectivity index (χ4n) is 4.32. The first-order chi connectivity index (χ1) is 15.4. The summed E-state index contributed by atoms with van der Waals surface area (Å²) < 4.78 is 0. The number of nitrogens with one attached hydrogen (secondary N) is 3. The van der Waals surface area contributed by atoms with E-state index in [4.69, 9.17) is 11.1 Å². The molecule has 9 N–H and O–H groups in total. The summed E-state index contributed by atoms with van der Waals surface area (Å²) in [6.45, 7) is 3.32. The van der Waals surface area contributed by atoms with E-state index in [-0.39, 0.29) is 48.7 Å². The fourth-order valence-corrected chi connectivity index (χ4v) is 5.14.